The highest BCUT2D eigenvalue weighted by Gasteiger charge is 2.13. The van der Waals surface area contributed by atoms with Crippen LogP contribution in [0.15, 0.2) is 48.5 Å². The first-order valence-corrected chi connectivity index (χ1v) is 10.2. The van der Waals surface area contributed by atoms with E-state index >= 15 is 0 Å². The van der Waals surface area contributed by atoms with Crippen molar-refractivity contribution in [2.75, 3.05) is 18.5 Å². The van der Waals surface area contributed by atoms with Crippen molar-refractivity contribution in [3.63, 3.8) is 0 Å². The van der Waals surface area contributed by atoms with Gasteiger partial charge in [0.1, 0.15) is 5.82 Å². The molecule has 1 aliphatic heterocycles. The minimum absolute atomic E-state index is 0.253. The molecule has 0 spiro atoms. The molecule has 0 bridgehead atoms. The number of nitrogens with zero attached hydrogens (tertiary/aromatic N) is 1. The third kappa shape index (κ3) is 4.79. The van der Waals surface area contributed by atoms with Crippen LogP contribution in [0.4, 0.5) is 10.1 Å². The number of hydrogen-bond donors (Lipinski definition) is 2. The number of nitrogens with one attached hydrogen (secondary N) is 2. The van der Waals surface area contributed by atoms with Gasteiger partial charge in [0.05, 0.1) is 5.69 Å². The second-order valence-corrected chi connectivity index (χ2v) is 7.32. The Bertz CT molecular complexity index is 1020. The molecule has 5 heteroatoms. The summed E-state index contributed by atoms with van der Waals surface area (Å²) in [5, 5.41) is 7.86. The van der Waals surface area contributed by atoms with Crippen LogP contribution in [0.2, 0.25) is 0 Å². The first-order valence-electron chi connectivity index (χ1n) is 10.2. The van der Waals surface area contributed by atoms with Gasteiger partial charge in [0.25, 0.3) is 0 Å². The van der Waals surface area contributed by atoms with Crippen LogP contribution < -0.4 is 10.6 Å². The standard InChI is InChI=1S/C24H26FN3O/c1-2-28-23(9-12-26-21-6-4-20(25)5-7-21)16-19-15-18(3-8-24(19)28)17-27-22-10-13-29-14-11-22/h3-8,15-16,22,26-27H,2,10-11,13-14,17H2,1H3. The lowest BCUT2D eigenvalue weighted by Gasteiger charge is -2.23. The summed E-state index contributed by atoms with van der Waals surface area (Å²) in [6.07, 6.45) is 2.16. The van der Waals surface area contributed by atoms with Crippen molar-refractivity contribution < 1.29 is 9.13 Å². The lowest BCUT2D eigenvalue weighted by molar-refractivity contribution is 0.0776. The molecule has 1 aromatic heterocycles. The van der Waals surface area contributed by atoms with E-state index in [-0.39, 0.29) is 5.82 Å². The molecule has 0 atom stereocenters. The number of aryl methyl sites for hydroxylation is 1. The molecule has 1 saturated heterocycles. The van der Waals surface area contributed by atoms with Crippen LogP contribution in [-0.4, -0.2) is 23.8 Å². The largest absolute Gasteiger partial charge is 0.381 e. The van der Waals surface area contributed by atoms with Crippen molar-refractivity contribution in [3.8, 4) is 12.0 Å². The maximum atomic E-state index is 13.0. The number of halogens is 1. The van der Waals surface area contributed by atoms with Gasteiger partial charge in [-0.15, -0.1) is 0 Å². The van der Waals surface area contributed by atoms with E-state index < -0.39 is 0 Å². The van der Waals surface area contributed by atoms with Gasteiger partial charge in [-0.3, -0.25) is 0 Å². The van der Waals surface area contributed by atoms with Crippen molar-refractivity contribution in [2.45, 2.75) is 38.9 Å². The Kier molecular flexibility index (Phi) is 6.14. The predicted molar refractivity (Wildman–Crippen MR) is 115 cm³/mol. The second-order valence-electron chi connectivity index (χ2n) is 7.32. The summed E-state index contributed by atoms with van der Waals surface area (Å²) >= 11 is 0. The molecule has 1 fully saturated rings. The molecular formula is C24H26FN3O. The van der Waals surface area contributed by atoms with Gasteiger partial charge < -0.3 is 19.9 Å². The molecule has 0 radical (unpaired) electrons. The first kappa shape index (κ1) is 19.5. The summed E-state index contributed by atoms with van der Waals surface area (Å²) in [5.41, 5.74) is 4.21. The van der Waals surface area contributed by atoms with E-state index in [4.69, 9.17) is 4.74 Å². The van der Waals surface area contributed by atoms with Gasteiger partial charge in [-0.1, -0.05) is 6.07 Å². The number of hydrogen-bond acceptors (Lipinski definition) is 3. The van der Waals surface area contributed by atoms with Gasteiger partial charge in [0, 0.05) is 55.0 Å². The van der Waals surface area contributed by atoms with Crippen molar-refractivity contribution in [1.29, 1.82) is 0 Å². The van der Waals surface area contributed by atoms with Gasteiger partial charge in [-0.25, -0.2) is 4.39 Å². The normalized spacial score (nSPS) is 14.6. The summed E-state index contributed by atoms with van der Waals surface area (Å²) in [6, 6.07) is 18.5. The van der Waals surface area contributed by atoms with E-state index in [1.54, 1.807) is 12.1 Å². The average Bonchev–Trinajstić information content (AvgIpc) is 3.11. The molecule has 4 nitrogen and oxygen atoms in total. The van der Waals surface area contributed by atoms with Crippen LogP contribution in [0.5, 0.6) is 0 Å². The molecule has 1 aliphatic rings. The van der Waals surface area contributed by atoms with E-state index in [9.17, 15) is 4.39 Å². The van der Waals surface area contributed by atoms with Crippen LogP contribution in [-0.2, 0) is 17.8 Å². The molecule has 2 N–H and O–H groups in total. The van der Waals surface area contributed by atoms with E-state index in [0.717, 1.165) is 50.5 Å². The summed E-state index contributed by atoms with van der Waals surface area (Å²) < 4.78 is 20.6. The minimum Gasteiger partial charge on any atom is -0.381 e. The van der Waals surface area contributed by atoms with Crippen LogP contribution >= 0.6 is 0 Å². The summed E-state index contributed by atoms with van der Waals surface area (Å²) in [6.45, 7) is 5.54. The average molecular weight is 391 g/mol. The molecular weight excluding hydrogens is 365 g/mol. The van der Waals surface area contributed by atoms with E-state index in [0.29, 0.717) is 6.04 Å². The Balaban J connectivity index is 1.49. The van der Waals surface area contributed by atoms with Crippen LogP contribution in [0.3, 0.4) is 0 Å². The number of rotatable bonds is 5. The quantitative estimate of drug-likeness (QED) is 0.497. The zero-order chi connectivity index (χ0) is 20.1. The topological polar surface area (TPSA) is 38.2 Å². The zero-order valence-corrected chi connectivity index (χ0v) is 16.7. The maximum Gasteiger partial charge on any atom is 0.123 e. The van der Waals surface area contributed by atoms with E-state index in [1.165, 1.54) is 28.6 Å². The lowest BCUT2D eigenvalue weighted by atomic mass is 10.1. The van der Waals surface area contributed by atoms with Crippen molar-refractivity contribution in [3.05, 3.63) is 65.6 Å². The summed E-state index contributed by atoms with van der Waals surface area (Å²) in [4.78, 5) is 0. The maximum absolute atomic E-state index is 13.0. The lowest BCUT2D eigenvalue weighted by Crippen LogP contribution is -2.34. The Morgan fingerprint density at radius 2 is 1.90 bits per heavy atom. The molecule has 0 unspecified atom stereocenters. The fourth-order valence-electron chi connectivity index (χ4n) is 3.74. The van der Waals surface area contributed by atoms with Gasteiger partial charge in [-0.05, 0) is 73.7 Å². The highest BCUT2D eigenvalue weighted by molar-refractivity contribution is 5.83. The van der Waals surface area contributed by atoms with Crippen LogP contribution in [0, 0.1) is 17.8 Å². The first-order chi connectivity index (χ1) is 14.2. The number of anilines is 1. The molecule has 29 heavy (non-hydrogen) atoms. The highest BCUT2D eigenvalue weighted by atomic mass is 19.1. The Morgan fingerprint density at radius 3 is 2.66 bits per heavy atom. The third-order valence-electron chi connectivity index (χ3n) is 5.34. The number of aromatic nitrogens is 1. The van der Waals surface area contributed by atoms with E-state index in [2.05, 4.69) is 58.4 Å². The SMILES string of the molecule is CCn1c(C#CNc2ccc(F)cc2)cc2cc(CNC3CCOCC3)ccc21. The number of benzene rings is 2. The number of fused-ring (bicyclic) bond motifs is 1. The molecule has 0 amide bonds. The molecule has 3 aromatic rings. The second kappa shape index (κ2) is 9.13. The fraction of sp³-hybridized carbons (Fsp3) is 0.333. The zero-order valence-electron chi connectivity index (χ0n) is 16.7. The predicted octanol–water partition coefficient (Wildman–Crippen LogP) is 4.49. The van der Waals surface area contributed by atoms with Gasteiger partial charge in [-0.2, -0.15) is 0 Å². The molecule has 4 rings (SSSR count). The smallest absolute Gasteiger partial charge is 0.123 e. The van der Waals surface area contributed by atoms with E-state index in [1.807, 2.05) is 0 Å². The molecule has 2 heterocycles. The molecule has 0 saturated carbocycles. The van der Waals surface area contributed by atoms with Gasteiger partial charge in [0.15, 0.2) is 0 Å². The van der Waals surface area contributed by atoms with Gasteiger partial charge in [0.2, 0.25) is 0 Å². The minimum atomic E-state index is -0.253. The molecule has 2 aromatic carbocycles. The molecule has 150 valence electrons. The van der Waals surface area contributed by atoms with Gasteiger partial charge >= 0.3 is 0 Å². The Hall–Kier alpha value is -2.81. The summed E-state index contributed by atoms with van der Waals surface area (Å²) in [5.74, 6) is 2.95. The highest BCUT2D eigenvalue weighted by Crippen LogP contribution is 2.21. The van der Waals surface area contributed by atoms with Crippen LogP contribution in [0.25, 0.3) is 10.9 Å². The Labute approximate surface area is 171 Å². The summed E-state index contributed by atoms with van der Waals surface area (Å²) in [7, 11) is 0. The third-order valence-corrected chi connectivity index (χ3v) is 5.34. The Morgan fingerprint density at radius 1 is 1.10 bits per heavy atom. The fourth-order valence-corrected chi connectivity index (χ4v) is 3.74. The van der Waals surface area contributed by atoms with Crippen molar-refractivity contribution in [2.24, 2.45) is 0 Å². The monoisotopic (exact) mass is 391 g/mol. The molecule has 0 aliphatic carbocycles. The van der Waals surface area contributed by atoms with Crippen LogP contribution in [0.1, 0.15) is 31.0 Å². The number of ether oxygens (including phenoxy) is 1. The van der Waals surface area contributed by atoms with Crippen molar-refractivity contribution in [1.82, 2.24) is 9.88 Å². The van der Waals surface area contributed by atoms with Crippen molar-refractivity contribution >= 4 is 16.6 Å².